The molecule has 0 aromatic heterocycles. The van der Waals surface area contributed by atoms with Gasteiger partial charge < -0.3 is 10.2 Å². The lowest BCUT2D eigenvalue weighted by Crippen LogP contribution is -2.49. The predicted octanol–water partition coefficient (Wildman–Crippen LogP) is 1.08. The molecule has 0 atom stereocenters. The lowest BCUT2D eigenvalue weighted by Gasteiger charge is -2.26. The first kappa shape index (κ1) is 19.1. The van der Waals surface area contributed by atoms with Gasteiger partial charge in [0.05, 0.1) is 11.4 Å². The van der Waals surface area contributed by atoms with E-state index in [4.69, 9.17) is 0 Å². The normalized spacial score (nSPS) is 15.2. The molecule has 8 heteroatoms. The van der Waals surface area contributed by atoms with Gasteiger partial charge in [0.15, 0.2) is 0 Å². The molecule has 0 saturated carbocycles. The van der Waals surface area contributed by atoms with Crippen LogP contribution in [0.4, 0.5) is 0 Å². The molecule has 2 aromatic rings. The van der Waals surface area contributed by atoms with Crippen LogP contribution in [-0.4, -0.2) is 56.1 Å². The number of hydrogen-bond acceptors (Lipinski definition) is 4. The van der Waals surface area contributed by atoms with E-state index in [0.29, 0.717) is 6.54 Å². The highest BCUT2D eigenvalue weighted by Crippen LogP contribution is 2.19. The summed E-state index contributed by atoms with van der Waals surface area (Å²) < 4.78 is 26.7. The van der Waals surface area contributed by atoms with Crippen molar-refractivity contribution in [3.8, 4) is 0 Å². The summed E-state index contributed by atoms with van der Waals surface area (Å²) in [5, 5.41) is 2.60. The third-order valence-electron chi connectivity index (χ3n) is 4.33. The molecule has 1 saturated heterocycles. The minimum absolute atomic E-state index is 0.0103. The Morgan fingerprint density at radius 3 is 2.59 bits per heavy atom. The molecule has 0 radical (unpaired) electrons. The standard InChI is InChI=1S/C19H21N3O4S/c1-21(13-15-6-3-2-4-7-15)19(24)16-8-5-9-17(12-16)27(25,26)22-11-10-20-18(23)14-22/h2-9,12H,10-11,13-14H2,1H3,(H,20,23). The van der Waals surface area contributed by atoms with Gasteiger partial charge in [0, 0.05) is 32.2 Å². The van der Waals surface area contributed by atoms with Gasteiger partial charge in [-0.2, -0.15) is 4.31 Å². The summed E-state index contributed by atoms with van der Waals surface area (Å²) in [5.74, 6) is -0.605. The van der Waals surface area contributed by atoms with Crippen molar-refractivity contribution in [2.45, 2.75) is 11.4 Å². The Bertz CT molecular complexity index is 944. The molecule has 0 spiro atoms. The van der Waals surface area contributed by atoms with E-state index < -0.39 is 10.0 Å². The molecule has 7 nitrogen and oxygen atoms in total. The van der Waals surface area contributed by atoms with Gasteiger partial charge in [0.25, 0.3) is 5.91 Å². The summed E-state index contributed by atoms with van der Waals surface area (Å²) in [6.07, 6.45) is 0. The molecule has 142 valence electrons. The molecule has 0 unspecified atom stereocenters. The Hall–Kier alpha value is -2.71. The average Bonchev–Trinajstić information content (AvgIpc) is 2.68. The molecule has 1 N–H and O–H groups in total. The number of sulfonamides is 1. The fourth-order valence-corrected chi connectivity index (χ4v) is 4.35. The van der Waals surface area contributed by atoms with E-state index in [2.05, 4.69) is 5.32 Å². The number of benzene rings is 2. The van der Waals surface area contributed by atoms with Crippen LogP contribution in [0.3, 0.4) is 0 Å². The Morgan fingerprint density at radius 1 is 1.15 bits per heavy atom. The molecular formula is C19H21N3O4S. The van der Waals surface area contributed by atoms with Crippen LogP contribution in [0.2, 0.25) is 0 Å². The maximum Gasteiger partial charge on any atom is 0.253 e. The van der Waals surface area contributed by atoms with Gasteiger partial charge in [-0.15, -0.1) is 0 Å². The van der Waals surface area contributed by atoms with Crippen LogP contribution in [0, 0.1) is 0 Å². The number of carbonyl (C=O) groups excluding carboxylic acids is 2. The Morgan fingerprint density at radius 2 is 1.89 bits per heavy atom. The van der Waals surface area contributed by atoms with Gasteiger partial charge >= 0.3 is 0 Å². The van der Waals surface area contributed by atoms with Crippen LogP contribution in [0.25, 0.3) is 0 Å². The highest BCUT2D eigenvalue weighted by atomic mass is 32.2. The largest absolute Gasteiger partial charge is 0.354 e. The second-order valence-electron chi connectivity index (χ2n) is 6.36. The zero-order chi connectivity index (χ0) is 19.4. The summed E-state index contributed by atoms with van der Waals surface area (Å²) >= 11 is 0. The van der Waals surface area contributed by atoms with Crippen molar-refractivity contribution in [2.24, 2.45) is 0 Å². The van der Waals surface area contributed by atoms with Gasteiger partial charge in [-0.05, 0) is 23.8 Å². The summed E-state index contributed by atoms with van der Waals surface area (Å²) in [7, 11) is -2.16. The second-order valence-corrected chi connectivity index (χ2v) is 8.30. The molecule has 1 fully saturated rings. The van der Waals surface area contributed by atoms with E-state index in [1.54, 1.807) is 19.2 Å². The van der Waals surface area contributed by atoms with Crippen molar-refractivity contribution >= 4 is 21.8 Å². The summed E-state index contributed by atoms with van der Waals surface area (Å²) in [5.41, 5.74) is 1.27. The van der Waals surface area contributed by atoms with Crippen LogP contribution in [0.1, 0.15) is 15.9 Å². The van der Waals surface area contributed by atoms with Crippen molar-refractivity contribution in [2.75, 3.05) is 26.7 Å². The van der Waals surface area contributed by atoms with E-state index in [1.165, 1.54) is 17.0 Å². The second kappa shape index (κ2) is 7.89. The maximum absolute atomic E-state index is 12.8. The van der Waals surface area contributed by atoms with Crippen LogP contribution < -0.4 is 5.32 Å². The zero-order valence-corrected chi connectivity index (χ0v) is 15.8. The number of hydrogen-bond donors (Lipinski definition) is 1. The van der Waals surface area contributed by atoms with E-state index in [0.717, 1.165) is 9.87 Å². The first-order valence-electron chi connectivity index (χ1n) is 8.54. The molecule has 27 heavy (non-hydrogen) atoms. The minimum Gasteiger partial charge on any atom is -0.354 e. The molecule has 1 heterocycles. The number of nitrogens with one attached hydrogen (secondary N) is 1. The molecular weight excluding hydrogens is 366 g/mol. The van der Waals surface area contributed by atoms with Gasteiger partial charge in [0.1, 0.15) is 0 Å². The van der Waals surface area contributed by atoms with Crippen molar-refractivity contribution in [1.82, 2.24) is 14.5 Å². The number of carbonyl (C=O) groups is 2. The van der Waals surface area contributed by atoms with Gasteiger partial charge in [-0.25, -0.2) is 8.42 Å². The molecule has 1 aliphatic rings. The lowest BCUT2D eigenvalue weighted by atomic mass is 10.1. The van der Waals surface area contributed by atoms with Crippen LogP contribution in [-0.2, 0) is 21.4 Å². The molecule has 0 aliphatic carbocycles. The zero-order valence-electron chi connectivity index (χ0n) is 15.0. The highest BCUT2D eigenvalue weighted by molar-refractivity contribution is 7.89. The summed E-state index contributed by atoms with van der Waals surface area (Å²) in [4.78, 5) is 25.8. The minimum atomic E-state index is -3.83. The Balaban J connectivity index is 1.80. The highest BCUT2D eigenvalue weighted by Gasteiger charge is 2.29. The molecule has 0 bridgehead atoms. The maximum atomic E-state index is 12.8. The fourth-order valence-electron chi connectivity index (χ4n) is 2.91. The lowest BCUT2D eigenvalue weighted by molar-refractivity contribution is -0.122. The number of piperazine rings is 1. The van der Waals surface area contributed by atoms with Crippen molar-refractivity contribution in [3.05, 3.63) is 65.7 Å². The van der Waals surface area contributed by atoms with Crippen molar-refractivity contribution < 1.29 is 18.0 Å². The molecule has 3 rings (SSSR count). The third kappa shape index (κ3) is 4.35. The average molecular weight is 387 g/mol. The van der Waals surface area contributed by atoms with E-state index in [1.807, 2.05) is 30.3 Å². The predicted molar refractivity (Wildman–Crippen MR) is 100 cm³/mol. The fraction of sp³-hybridized carbons (Fsp3) is 0.263. The van der Waals surface area contributed by atoms with E-state index in [-0.39, 0.29) is 41.9 Å². The van der Waals surface area contributed by atoms with Crippen LogP contribution >= 0.6 is 0 Å². The van der Waals surface area contributed by atoms with Crippen molar-refractivity contribution in [3.63, 3.8) is 0 Å². The van der Waals surface area contributed by atoms with Gasteiger partial charge in [0.2, 0.25) is 15.9 Å². The SMILES string of the molecule is CN(Cc1ccccc1)C(=O)c1cccc(S(=O)(=O)N2CCNC(=O)C2)c1. The third-order valence-corrected chi connectivity index (χ3v) is 6.17. The molecule has 1 aliphatic heterocycles. The Labute approximate surface area is 158 Å². The molecule has 2 amide bonds. The summed E-state index contributed by atoms with van der Waals surface area (Å²) in [6, 6.07) is 15.5. The number of rotatable bonds is 5. The van der Waals surface area contributed by atoms with Crippen LogP contribution in [0.5, 0.6) is 0 Å². The number of amides is 2. The molecule has 2 aromatic carbocycles. The van der Waals surface area contributed by atoms with Gasteiger partial charge in [-0.1, -0.05) is 36.4 Å². The smallest absolute Gasteiger partial charge is 0.253 e. The van der Waals surface area contributed by atoms with E-state index >= 15 is 0 Å². The monoisotopic (exact) mass is 387 g/mol. The topological polar surface area (TPSA) is 86.8 Å². The van der Waals surface area contributed by atoms with E-state index in [9.17, 15) is 18.0 Å². The number of nitrogens with zero attached hydrogens (tertiary/aromatic N) is 2. The summed E-state index contributed by atoms with van der Waals surface area (Å²) in [6.45, 7) is 0.689. The first-order valence-corrected chi connectivity index (χ1v) is 9.98. The first-order chi connectivity index (χ1) is 12.9. The van der Waals surface area contributed by atoms with Crippen LogP contribution in [0.15, 0.2) is 59.5 Å². The van der Waals surface area contributed by atoms with Crippen molar-refractivity contribution in [1.29, 1.82) is 0 Å². The quantitative estimate of drug-likeness (QED) is 0.832. The Kier molecular flexibility index (Phi) is 5.57. The van der Waals surface area contributed by atoms with Gasteiger partial charge in [-0.3, -0.25) is 9.59 Å².